The molecule has 2 amide bonds. The van der Waals surface area contributed by atoms with E-state index in [4.69, 9.17) is 4.99 Å². The molecule has 1 aliphatic carbocycles. The van der Waals surface area contributed by atoms with Crippen molar-refractivity contribution in [2.45, 2.75) is 45.2 Å². The molecular weight excluding hydrogens is 408 g/mol. The minimum atomic E-state index is -0.0395. The fraction of sp³-hybridized carbons (Fsp3) is 0.429. The Morgan fingerprint density at radius 2 is 1.97 bits per heavy atom. The monoisotopic (exact) mass is 442 g/mol. The number of aliphatic imine (C=N–C) groups is 1. The molecule has 1 saturated heterocycles. The van der Waals surface area contributed by atoms with Crippen LogP contribution < -0.4 is 5.32 Å². The van der Waals surface area contributed by atoms with Crippen molar-refractivity contribution >= 4 is 11.9 Å². The number of benzene rings is 1. The van der Waals surface area contributed by atoms with Crippen LogP contribution in [0.25, 0.3) is 0 Å². The molecule has 4 rings (SSSR count). The molecule has 0 aromatic heterocycles. The van der Waals surface area contributed by atoms with Crippen LogP contribution in [0.2, 0.25) is 0 Å². The molecule has 1 N–H and O–H groups in total. The highest BCUT2D eigenvalue weighted by Gasteiger charge is 2.42. The van der Waals surface area contributed by atoms with E-state index in [-0.39, 0.29) is 23.8 Å². The molecular formula is C28H34N4O. The lowest BCUT2D eigenvalue weighted by molar-refractivity contribution is 0.207. The minimum absolute atomic E-state index is 0.0395. The van der Waals surface area contributed by atoms with Crippen LogP contribution in [0.3, 0.4) is 0 Å². The smallest absolute Gasteiger partial charge is 0.317 e. The number of likely N-dealkylation sites (tertiary alicyclic amines) is 1. The zero-order valence-corrected chi connectivity index (χ0v) is 19.9. The van der Waals surface area contributed by atoms with Gasteiger partial charge in [-0.1, -0.05) is 69.0 Å². The first kappa shape index (κ1) is 22.9. The maximum absolute atomic E-state index is 13.1. The summed E-state index contributed by atoms with van der Waals surface area (Å²) >= 11 is 0. The highest BCUT2D eigenvalue weighted by atomic mass is 16.2. The van der Waals surface area contributed by atoms with Crippen molar-refractivity contribution < 1.29 is 4.79 Å². The van der Waals surface area contributed by atoms with E-state index < -0.39 is 0 Å². The van der Waals surface area contributed by atoms with Gasteiger partial charge >= 0.3 is 6.03 Å². The Balaban J connectivity index is 1.59. The van der Waals surface area contributed by atoms with E-state index in [1.54, 1.807) is 0 Å². The average Bonchev–Trinajstić information content (AvgIpc) is 3.60. The number of carbonyl (C=O) groups excluding carboxylic acids is 1. The lowest BCUT2D eigenvalue weighted by Gasteiger charge is -2.29. The molecule has 2 aromatic carbocycles. The van der Waals surface area contributed by atoms with Crippen LogP contribution in [-0.4, -0.2) is 47.8 Å². The largest absolute Gasteiger partial charge is 0.360 e. The van der Waals surface area contributed by atoms with Crippen molar-refractivity contribution in [3.63, 3.8) is 0 Å². The normalized spacial score (nSPS) is 20.5. The lowest BCUT2D eigenvalue weighted by Crippen LogP contribution is -2.41. The van der Waals surface area contributed by atoms with Gasteiger partial charge in [-0.05, 0) is 36.5 Å². The molecule has 1 heterocycles. The number of nitrogens with one attached hydrogen (secondary N) is 1. The van der Waals surface area contributed by atoms with E-state index in [0.717, 1.165) is 22.7 Å². The summed E-state index contributed by atoms with van der Waals surface area (Å²) in [6, 6.07) is 22.8. The third-order valence-corrected chi connectivity index (χ3v) is 6.68. The molecule has 1 saturated carbocycles. The van der Waals surface area contributed by atoms with E-state index in [9.17, 15) is 4.79 Å². The Hall–Kier alpha value is -3.26. The fourth-order valence-corrected chi connectivity index (χ4v) is 4.36. The van der Waals surface area contributed by atoms with Gasteiger partial charge < -0.3 is 15.1 Å². The first-order chi connectivity index (χ1) is 15.9. The van der Waals surface area contributed by atoms with Crippen LogP contribution in [0.4, 0.5) is 4.79 Å². The summed E-state index contributed by atoms with van der Waals surface area (Å²) in [5, 5.41) is 3.09. The maximum atomic E-state index is 13.1. The second-order valence-electron chi connectivity index (χ2n) is 9.47. The lowest BCUT2D eigenvalue weighted by atomic mass is 9.88. The number of carbonyl (C=O) groups is 1. The second-order valence-corrected chi connectivity index (χ2v) is 9.47. The molecule has 0 radical (unpaired) electrons. The molecule has 5 nitrogen and oxygen atoms in total. The van der Waals surface area contributed by atoms with Gasteiger partial charge in [0, 0.05) is 55.8 Å². The third kappa shape index (κ3) is 5.57. The average molecular weight is 443 g/mol. The predicted octanol–water partition coefficient (Wildman–Crippen LogP) is 4.87. The van der Waals surface area contributed by atoms with Gasteiger partial charge in [0.2, 0.25) is 0 Å². The zero-order chi connectivity index (χ0) is 23.4. The molecule has 2 aromatic rings. The predicted molar refractivity (Wildman–Crippen MR) is 133 cm³/mol. The maximum Gasteiger partial charge on any atom is 0.317 e. The van der Waals surface area contributed by atoms with Gasteiger partial charge in [-0.25, -0.2) is 9.79 Å². The van der Waals surface area contributed by atoms with Crippen LogP contribution in [-0.2, 0) is 6.54 Å². The highest BCUT2D eigenvalue weighted by molar-refractivity contribution is 5.88. The van der Waals surface area contributed by atoms with Crippen LogP contribution in [0.1, 0.15) is 43.7 Å². The fourth-order valence-electron chi connectivity index (χ4n) is 4.36. The van der Waals surface area contributed by atoms with Gasteiger partial charge in [-0.3, -0.25) is 0 Å². The van der Waals surface area contributed by atoms with E-state index in [1.807, 2.05) is 47.4 Å². The summed E-state index contributed by atoms with van der Waals surface area (Å²) < 4.78 is 0. The number of urea groups is 1. The summed E-state index contributed by atoms with van der Waals surface area (Å²) in [5.74, 6) is 1.51. The Bertz CT molecular complexity index is 981. The number of allylic oxidation sites excluding steroid dienone is 1. The van der Waals surface area contributed by atoms with E-state index in [0.29, 0.717) is 25.7 Å². The molecule has 2 aliphatic rings. The van der Waals surface area contributed by atoms with Crippen molar-refractivity contribution in [2.75, 3.05) is 20.1 Å². The Labute approximate surface area is 198 Å². The summed E-state index contributed by atoms with van der Waals surface area (Å²) in [7, 11) is 2.14. The number of nitrogens with zero attached hydrogens (tertiary/aromatic N) is 3. The van der Waals surface area contributed by atoms with Crippen molar-refractivity contribution in [1.82, 2.24) is 15.1 Å². The second kappa shape index (κ2) is 10.1. The Morgan fingerprint density at radius 3 is 2.61 bits per heavy atom. The molecule has 172 valence electrons. The number of hydrogen-bond donors (Lipinski definition) is 1. The topological polar surface area (TPSA) is 47.9 Å². The zero-order valence-electron chi connectivity index (χ0n) is 19.9. The van der Waals surface area contributed by atoms with Crippen LogP contribution >= 0.6 is 0 Å². The quantitative estimate of drug-likeness (QED) is 0.491. The molecule has 2 unspecified atom stereocenters. The van der Waals surface area contributed by atoms with E-state index in [1.165, 1.54) is 12.8 Å². The Morgan fingerprint density at radius 1 is 1.21 bits per heavy atom. The van der Waals surface area contributed by atoms with Gasteiger partial charge in [0.15, 0.2) is 0 Å². The van der Waals surface area contributed by atoms with E-state index in [2.05, 4.69) is 55.9 Å². The molecule has 2 fully saturated rings. The number of hydrogen-bond acceptors (Lipinski definition) is 2. The number of amidine groups is 1. The number of rotatable bonds is 7. The van der Waals surface area contributed by atoms with E-state index >= 15 is 0 Å². The van der Waals surface area contributed by atoms with Gasteiger partial charge in [0.25, 0.3) is 0 Å². The van der Waals surface area contributed by atoms with Crippen molar-refractivity contribution in [2.24, 2.45) is 16.8 Å². The summed E-state index contributed by atoms with van der Waals surface area (Å²) in [5.41, 5.74) is 3.05. The minimum Gasteiger partial charge on any atom is -0.360 e. The molecule has 2 atom stereocenters. The molecule has 5 heteroatoms. The first-order valence-electron chi connectivity index (χ1n) is 11.9. The third-order valence-electron chi connectivity index (χ3n) is 6.68. The van der Waals surface area contributed by atoms with Crippen molar-refractivity contribution in [3.8, 4) is 0 Å². The number of amides is 2. The summed E-state index contributed by atoms with van der Waals surface area (Å²) in [4.78, 5) is 22.4. The van der Waals surface area contributed by atoms with Crippen molar-refractivity contribution in [3.05, 3.63) is 84.1 Å². The summed E-state index contributed by atoms with van der Waals surface area (Å²) in [6.45, 7) is 10.2. The van der Waals surface area contributed by atoms with Crippen molar-refractivity contribution in [1.29, 1.82) is 0 Å². The highest BCUT2D eigenvalue weighted by Crippen LogP contribution is 2.37. The van der Waals surface area contributed by atoms with Gasteiger partial charge in [0.05, 0.1) is 0 Å². The SMILES string of the molecule is C=C(/N=C(/C1CN(C(=O)NCc2ccccc2)CC1c1c#cccc1)N(C)C1CC1)C(C)C. The first-order valence-corrected chi connectivity index (χ1v) is 11.9. The van der Waals surface area contributed by atoms with Gasteiger partial charge in [0.1, 0.15) is 5.84 Å². The molecule has 0 spiro atoms. The molecule has 1 aliphatic heterocycles. The standard InChI is InChI=1S/C28H34N4O/c1-20(2)21(3)30-27(31(4)24-15-16-24)26-19-32(18-25(26)23-13-9-6-10-14-23)28(33)29-17-22-11-7-5-8-12-22/h5-9,11-13,20,24-26H,3,15-19H2,1-2,4H3,(H,29,33)/b30-27-. The van der Waals surface area contributed by atoms with Gasteiger partial charge in [-0.2, -0.15) is 0 Å². The van der Waals surface area contributed by atoms with Crippen LogP contribution in [0.15, 0.2) is 65.8 Å². The van der Waals surface area contributed by atoms with Crippen LogP contribution in [0, 0.1) is 24.0 Å². The molecule has 0 bridgehead atoms. The summed E-state index contributed by atoms with van der Waals surface area (Å²) in [6.07, 6.45) is 2.38. The van der Waals surface area contributed by atoms with Crippen LogP contribution in [0.5, 0.6) is 0 Å². The molecule has 33 heavy (non-hydrogen) atoms. The Kier molecular flexibility index (Phi) is 7.03. The van der Waals surface area contributed by atoms with Gasteiger partial charge in [-0.15, -0.1) is 0 Å².